The maximum Gasteiger partial charge on any atom is 0.126 e. The summed E-state index contributed by atoms with van der Waals surface area (Å²) in [4.78, 5) is 0. The van der Waals surface area contributed by atoms with Gasteiger partial charge in [0.05, 0.1) is 8.81 Å². The Balaban J connectivity index is 3.03. The van der Waals surface area contributed by atoms with Crippen LogP contribution in [0.25, 0.3) is 0 Å². The van der Waals surface area contributed by atoms with Crippen LogP contribution in [0.2, 0.25) is 0 Å². The molecule has 72 valence electrons. The molecule has 0 bridgehead atoms. The number of hydrogen-bond donors (Lipinski definition) is 0. The number of hydrogen-bond acceptors (Lipinski definition) is 1. The first-order valence-corrected chi connectivity index (χ1v) is 6.00. The number of rotatable bonds is 3. The molecule has 1 rings (SSSR count). The Kier molecular flexibility index (Phi) is 3.74. The minimum Gasteiger partial charge on any atom is -0.477 e. The van der Waals surface area contributed by atoms with E-state index in [9.17, 15) is 0 Å². The monoisotopic (exact) mass is 196 g/mol. The fraction of sp³-hybridized carbons (Fsp3) is 0.455. The van der Waals surface area contributed by atoms with Gasteiger partial charge in [-0.25, -0.2) is 0 Å². The predicted octanol–water partition coefficient (Wildman–Crippen LogP) is 3.72. The fourth-order valence-corrected chi connectivity index (χ4v) is 1.71. The summed E-state index contributed by atoms with van der Waals surface area (Å²) >= 11 is 0. The highest BCUT2D eigenvalue weighted by Gasteiger charge is 2.06. The van der Waals surface area contributed by atoms with Crippen molar-refractivity contribution in [2.45, 2.75) is 26.7 Å². The molecule has 1 unspecified atom stereocenters. The van der Waals surface area contributed by atoms with Crippen molar-refractivity contribution >= 4 is 8.81 Å². The molecule has 1 atom stereocenters. The van der Waals surface area contributed by atoms with Gasteiger partial charge in [-0.05, 0) is 36.7 Å². The second-order valence-corrected chi connectivity index (χ2v) is 4.11. The van der Waals surface area contributed by atoms with E-state index in [0.717, 1.165) is 5.75 Å². The molecule has 0 saturated heterocycles. The highest BCUT2D eigenvalue weighted by molar-refractivity contribution is 7.31. The molecule has 0 aliphatic heterocycles. The first-order chi connectivity index (χ1) is 6.15. The molecule has 13 heavy (non-hydrogen) atoms. The highest BCUT2D eigenvalue weighted by atomic mass is 31.1. The number of benzene rings is 1. The average Bonchev–Trinajstić information content (AvgIpc) is 2.04. The quantitative estimate of drug-likeness (QED) is 0.669. The summed E-state index contributed by atoms with van der Waals surface area (Å²) in [5, 5.41) is 0. The molecule has 0 spiro atoms. The van der Waals surface area contributed by atoms with Crippen molar-refractivity contribution in [2.75, 3.05) is 6.66 Å². The smallest absolute Gasteiger partial charge is 0.126 e. The second kappa shape index (κ2) is 4.62. The van der Waals surface area contributed by atoms with E-state index in [1.165, 1.54) is 11.1 Å². The van der Waals surface area contributed by atoms with Crippen molar-refractivity contribution in [1.82, 2.24) is 0 Å². The van der Waals surface area contributed by atoms with Gasteiger partial charge in [-0.1, -0.05) is 26.0 Å². The summed E-state index contributed by atoms with van der Waals surface area (Å²) in [5.74, 6) is 1.59. The van der Waals surface area contributed by atoms with Crippen molar-refractivity contribution in [3.8, 4) is 5.75 Å². The molecule has 0 fully saturated rings. The van der Waals surface area contributed by atoms with E-state index in [1.54, 1.807) is 0 Å². The zero-order valence-corrected chi connectivity index (χ0v) is 9.72. The van der Waals surface area contributed by atoms with Crippen LogP contribution in [0.5, 0.6) is 5.75 Å². The van der Waals surface area contributed by atoms with Crippen LogP contribution in [0.3, 0.4) is 0 Å². The van der Waals surface area contributed by atoms with Crippen LogP contribution in [0.15, 0.2) is 18.2 Å². The maximum atomic E-state index is 5.61. The first kappa shape index (κ1) is 10.5. The van der Waals surface area contributed by atoms with Gasteiger partial charge in [0.1, 0.15) is 5.75 Å². The minimum atomic E-state index is 0.521. The lowest BCUT2D eigenvalue weighted by atomic mass is 10.0. The lowest BCUT2D eigenvalue weighted by Crippen LogP contribution is -1.92. The van der Waals surface area contributed by atoms with Gasteiger partial charge < -0.3 is 4.52 Å². The van der Waals surface area contributed by atoms with Crippen LogP contribution in [0.1, 0.15) is 30.9 Å². The van der Waals surface area contributed by atoms with Crippen molar-refractivity contribution in [2.24, 2.45) is 0 Å². The van der Waals surface area contributed by atoms with E-state index in [0.29, 0.717) is 14.7 Å². The van der Waals surface area contributed by atoms with Gasteiger partial charge in [0.2, 0.25) is 0 Å². The molecule has 0 aliphatic rings. The van der Waals surface area contributed by atoms with Gasteiger partial charge in [-0.15, -0.1) is 0 Å². The molecule has 0 N–H and O–H groups in total. The minimum absolute atomic E-state index is 0.521. The third-order valence-corrected chi connectivity index (χ3v) is 2.43. The zero-order chi connectivity index (χ0) is 9.84. The van der Waals surface area contributed by atoms with E-state index in [-0.39, 0.29) is 0 Å². The molecular formula is C11H17OP. The predicted molar refractivity (Wildman–Crippen MR) is 60.1 cm³/mol. The van der Waals surface area contributed by atoms with Crippen molar-refractivity contribution in [1.29, 1.82) is 0 Å². The van der Waals surface area contributed by atoms with E-state index in [4.69, 9.17) is 4.52 Å². The summed E-state index contributed by atoms with van der Waals surface area (Å²) < 4.78 is 5.61. The van der Waals surface area contributed by atoms with Crippen LogP contribution in [0.4, 0.5) is 0 Å². The molecular weight excluding hydrogens is 179 g/mol. The van der Waals surface area contributed by atoms with E-state index >= 15 is 0 Å². The molecule has 0 radical (unpaired) electrons. The molecule has 1 aromatic carbocycles. The Morgan fingerprint density at radius 1 is 1.31 bits per heavy atom. The van der Waals surface area contributed by atoms with E-state index in [2.05, 4.69) is 39.0 Å². The summed E-state index contributed by atoms with van der Waals surface area (Å²) in [5.41, 5.74) is 2.57. The zero-order valence-electron chi connectivity index (χ0n) is 8.72. The Labute approximate surface area is 82.4 Å². The number of aryl methyl sites for hydroxylation is 1. The molecule has 0 amide bonds. The van der Waals surface area contributed by atoms with Gasteiger partial charge in [-0.2, -0.15) is 0 Å². The maximum absolute atomic E-state index is 5.61. The molecule has 0 aromatic heterocycles. The lowest BCUT2D eigenvalue weighted by Gasteiger charge is -2.13. The molecule has 1 nitrogen and oxygen atoms in total. The van der Waals surface area contributed by atoms with E-state index < -0.39 is 0 Å². The molecule has 0 saturated carbocycles. The second-order valence-electron chi connectivity index (χ2n) is 3.50. The van der Waals surface area contributed by atoms with Crippen LogP contribution < -0.4 is 4.52 Å². The van der Waals surface area contributed by atoms with Crippen LogP contribution in [-0.2, 0) is 0 Å². The summed E-state index contributed by atoms with van der Waals surface area (Å²) in [7, 11) is 0.521. The van der Waals surface area contributed by atoms with Crippen LogP contribution in [-0.4, -0.2) is 6.66 Å². The molecule has 0 heterocycles. The van der Waals surface area contributed by atoms with Crippen molar-refractivity contribution in [3.05, 3.63) is 29.3 Å². The van der Waals surface area contributed by atoms with E-state index in [1.807, 2.05) is 6.66 Å². The SMILES string of the molecule is CPOc1cc(C)ccc1C(C)C. The standard InChI is InChI=1S/C11H17OP/c1-8(2)10-6-5-9(3)7-11(10)12-13-4/h5-8,13H,1-4H3. The van der Waals surface area contributed by atoms with Crippen LogP contribution in [0, 0.1) is 6.92 Å². The third-order valence-electron chi connectivity index (χ3n) is 2.00. The van der Waals surface area contributed by atoms with Crippen LogP contribution >= 0.6 is 8.81 Å². The largest absolute Gasteiger partial charge is 0.477 e. The molecule has 1 aromatic rings. The Morgan fingerprint density at radius 2 is 2.00 bits per heavy atom. The fourth-order valence-electron chi connectivity index (χ4n) is 1.32. The first-order valence-electron chi connectivity index (χ1n) is 4.59. The Bertz CT molecular complexity index is 281. The third kappa shape index (κ3) is 2.70. The summed E-state index contributed by atoms with van der Waals surface area (Å²) in [6, 6.07) is 6.42. The normalized spacial score (nSPS) is 11.5. The lowest BCUT2D eigenvalue weighted by molar-refractivity contribution is 0.614. The van der Waals surface area contributed by atoms with Crippen molar-refractivity contribution in [3.63, 3.8) is 0 Å². The molecule has 0 aliphatic carbocycles. The summed E-state index contributed by atoms with van der Waals surface area (Å²) in [6.45, 7) is 8.52. The van der Waals surface area contributed by atoms with Gasteiger partial charge in [0, 0.05) is 0 Å². The highest BCUT2D eigenvalue weighted by Crippen LogP contribution is 2.30. The summed E-state index contributed by atoms with van der Waals surface area (Å²) in [6.07, 6.45) is 0. The van der Waals surface area contributed by atoms with Gasteiger partial charge >= 0.3 is 0 Å². The Hall–Kier alpha value is -0.550. The average molecular weight is 196 g/mol. The topological polar surface area (TPSA) is 9.23 Å². The Morgan fingerprint density at radius 3 is 2.54 bits per heavy atom. The van der Waals surface area contributed by atoms with Gasteiger partial charge in [0.25, 0.3) is 0 Å². The van der Waals surface area contributed by atoms with Gasteiger partial charge in [0.15, 0.2) is 0 Å². The van der Waals surface area contributed by atoms with Gasteiger partial charge in [-0.3, -0.25) is 0 Å². The van der Waals surface area contributed by atoms with Crippen molar-refractivity contribution < 1.29 is 4.52 Å². The molecule has 2 heteroatoms.